The van der Waals surface area contributed by atoms with Gasteiger partial charge >= 0.3 is 0 Å². The zero-order chi connectivity index (χ0) is 14.2. The van der Waals surface area contributed by atoms with Gasteiger partial charge in [-0.15, -0.1) is 0 Å². The van der Waals surface area contributed by atoms with Crippen LogP contribution in [0.25, 0.3) is 4.91 Å². The minimum atomic E-state index is 0.152. The Hall–Kier alpha value is -1.68. The van der Waals surface area contributed by atoms with Gasteiger partial charge in [0.15, 0.2) is 5.76 Å². The van der Waals surface area contributed by atoms with Gasteiger partial charge in [-0.3, -0.25) is 0 Å². The molecule has 0 radical (unpaired) electrons. The second-order valence-electron chi connectivity index (χ2n) is 5.95. The molecule has 3 rings (SSSR count). The predicted octanol–water partition coefficient (Wildman–Crippen LogP) is 4.60. The maximum absolute atomic E-state index is 5.30. The Morgan fingerprint density at radius 3 is 2.50 bits per heavy atom. The van der Waals surface area contributed by atoms with Crippen LogP contribution in [0.5, 0.6) is 0 Å². The first-order chi connectivity index (χ1) is 9.55. The molecular weight excluding hydrogens is 268 g/mol. The summed E-state index contributed by atoms with van der Waals surface area (Å²) >= 11 is 1.83. The van der Waals surface area contributed by atoms with Crippen LogP contribution in [0.4, 0.5) is 5.69 Å². The number of benzene rings is 1. The number of anilines is 1. The van der Waals surface area contributed by atoms with Crippen LogP contribution in [0.2, 0.25) is 0 Å². The summed E-state index contributed by atoms with van der Waals surface area (Å²) in [5.74, 6) is 0.836. The number of thioether (sulfide) groups is 1. The molecule has 0 aliphatic carbocycles. The lowest BCUT2D eigenvalue weighted by Gasteiger charge is -2.35. The van der Waals surface area contributed by atoms with Crippen molar-refractivity contribution in [3.63, 3.8) is 0 Å². The zero-order valence-corrected chi connectivity index (χ0v) is 12.7. The normalized spacial score (nSPS) is 19.2. The van der Waals surface area contributed by atoms with Gasteiger partial charge in [-0.05, 0) is 17.5 Å². The molecule has 1 aromatic carbocycles. The maximum atomic E-state index is 5.30. The van der Waals surface area contributed by atoms with Gasteiger partial charge in [0.05, 0.1) is 16.5 Å². The molecule has 0 saturated heterocycles. The van der Waals surface area contributed by atoms with Crippen molar-refractivity contribution in [2.45, 2.75) is 26.1 Å². The first kappa shape index (κ1) is 13.3. The Balaban J connectivity index is 1.99. The summed E-state index contributed by atoms with van der Waals surface area (Å²) < 4.78 is 5.30. The molecule has 2 heterocycles. The van der Waals surface area contributed by atoms with E-state index in [1.165, 1.54) is 5.69 Å². The third-order valence-electron chi connectivity index (χ3n) is 3.22. The molecule has 0 bridgehead atoms. The van der Waals surface area contributed by atoms with Crippen LogP contribution in [0.15, 0.2) is 53.3 Å². The lowest BCUT2D eigenvalue weighted by atomic mass is 9.95. The first-order valence-corrected chi connectivity index (χ1v) is 7.56. The summed E-state index contributed by atoms with van der Waals surface area (Å²) in [6.45, 7) is 6.79. The number of hydrogen-bond donors (Lipinski definition) is 0. The summed E-state index contributed by atoms with van der Waals surface area (Å²) in [5.41, 5.74) is 1.35. The second-order valence-corrected chi connectivity index (χ2v) is 7.07. The molecule has 2 aromatic rings. The Labute approximate surface area is 123 Å². The van der Waals surface area contributed by atoms with Crippen LogP contribution >= 0.6 is 11.8 Å². The quantitative estimate of drug-likeness (QED) is 0.807. The van der Waals surface area contributed by atoms with E-state index in [0.29, 0.717) is 5.37 Å². The summed E-state index contributed by atoms with van der Waals surface area (Å²) in [6, 6.07) is 12.4. The van der Waals surface area contributed by atoms with E-state index in [0.717, 1.165) is 10.7 Å². The molecule has 1 unspecified atom stereocenters. The van der Waals surface area contributed by atoms with Crippen molar-refractivity contribution in [2.75, 3.05) is 4.90 Å². The number of aromatic nitrogens is 1. The summed E-state index contributed by atoms with van der Waals surface area (Å²) in [6.07, 6.45) is 3.85. The fourth-order valence-electron chi connectivity index (χ4n) is 2.27. The van der Waals surface area contributed by atoms with Crippen LogP contribution in [-0.4, -0.2) is 10.5 Å². The molecule has 0 N–H and O–H groups in total. The Bertz CT molecular complexity index is 599. The highest BCUT2D eigenvalue weighted by Crippen LogP contribution is 2.48. The minimum Gasteiger partial charge on any atom is -0.356 e. The second kappa shape index (κ2) is 5.02. The Morgan fingerprint density at radius 1 is 1.15 bits per heavy atom. The van der Waals surface area contributed by atoms with Crippen LogP contribution in [0.3, 0.4) is 0 Å². The van der Waals surface area contributed by atoms with Crippen molar-refractivity contribution in [3.05, 3.63) is 54.6 Å². The highest BCUT2D eigenvalue weighted by Gasteiger charge is 2.37. The average molecular weight is 286 g/mol. The van der Waals surface area contributed by atoms with Gasteiger partial charge in [-0.1, -0.05) is 55.9 Å². The molecule has 0 amide bonds. The van der Waals surface area contributed by atoms with Gasteiger partial charge < -0.3 is 9.42 Å². The molecule has 20 heavy (non-hydrogen) atoms. The highest BCUT2D eigenvalue weighted by molar-refractivity contribution is 8.09. The highest BCUT2D eigenvalue weighted by atomic mass is 32.2. The van der Waals surface area contributed by atoms with Gasteiger partial charge in [-0.2, -0.15) is 0 Å². The minimum absolute atomic E-state index is 0.152. The van der Waals surface area contributed by atoms with E-state index in [1.807, 2.05) is 23.9 Å². The monoisotopic (exact) mass is 286 g/mol. The first-order valence-electron chi connectivity index (χ1n) is 6.68. The van der Waals surface area contributed by atoms with E-state index in [-0.39, 0.29) is 5.41 Å². The smallest absolute Gasteiger partial charge is 0.174 e. The van der Waals surface area contributed by atoms with Crippen LogP contribution in [0, 0.1) is 5.41 Å². The van der Waals surface area contributed by atoms with Crippen molar-refractivity contribution in [2.24, 2.45) is 5.41 Å². The van der Waals surface area contributed by atoms with Crippen LogP contribution < -0.4 is 4.90 Å². The van der Waals surface area contributed by atoms with E-state index < -0.39 is 0 Å². The number of nitrogens with zero attached hydrogens (tertiary/aromatic N) is 2. The van der Waals surface area contributed by atoms with Crippen LogP contribution in [-0.2, 0) is 0 Å². The third-order valence-corrected chi connectivity index (χ3v) is 4.94. The summed E-state index contributed by atoms with van der Waals surface area (Å²) in [7, 11) is 0. The molecule has 0 fully saturated rings. The van der Waals surface area contributed by atoms with Gasteiger partial charge in [0.1, 0.15) is 0 Å². The largest absolute Gasteiger partial charge is 0.356 e. The molecule has 3 nitrogen and oxygen atoms in total. The van der Waals surface area contributed by atoms with Crippen molar-refractivity contribution in [1.82, 2.24) is 5.16 Å². The molecule has 0 saturated carbocycles. The van der Waals surface area contributed by atoms with Gasteiger partial charge in [-0.25, -0.2) is 0 Å². The van der Waals surface area contributed by atoms with E-state index in [4.69, 9.17) is 4.52 Å². The summed E-state index contributed by atoms with van der Waals surface area (Å²) in [4.78, 5) is 3.45. The van der Waals surface area contributed by atoms with E-state index in [1.54, 1.807) is 6.20 Å². The number of para-hydroxylation sites is 1. The predicted molar refractivity (Wildman–Crippen MR) is 84.2 cm³/mol. The fourth-order valence-corrected chi connectivity index (χ4v) is 3.56. The SMILES string of the molecule is CC(C)(C)C1SC(c2ccno2)=CN1c1ccccc1. The van der Waals surface area contributed by atoms with Crippen LogP contribution in [0.1, 0.15) is 26.5 Å². The number of rotatable bonds is 2. The standard InChI is InChI=1S/C16H18N2OS/c1-16(2,3)15-18(12-7-5-4-6-8-12)11-14(20-15)13-9-10-17-19-13/h4-11,15H,1-3H3. The molecule has 4 heteroatoms. The maximum Gasteiger partial charge on any atom is 0.174 e. The van der Waals surface area contributed by atoms with Gasteiger partial charge in [0.2, 0.25) is 0 Å². The molecular formula is C16H18N2OS. The Kier molecular flexibility index (Phi) is 3.34. The molecule has 104 valence electrons. The molecule has 1 aromatic heterocycles. The van der Waals surface area contributed by atoms with Crippen molar-refractivity contribution < 1.29 is 4.52 Å². The van der Waals surface area contributed by atoms with Gasteiger partial charge in [0, 0.05) is 18.0 Å². The lowest BCUT2D eigenvalue weighted by Crippen LogP contribution is -2.35. The molecule has 1 atom stereocenters. The Morgan fingerprint density at radius 2 is 1.90 bits per heavy atom. The molecule has 1 aliphatic heterocycles. The average Bonchev–Trinajstić information content (AvgIpc) is 3.08. The van der Waals surface area contributed by atoms with Gasteiger partial charge in [0.25, 0.3) is 0 Å². The van der Waals surface area contributed by atoms with Crippen molar-refractivity contribution >= 4 is 22.4 Å². The van der Waals surface area contributed by atoms with E-state index in [9.17, 15) is 0 Å². The molecule has 1 aliphatic rings. The van der Waals surface area contributed by atoms with E-state index in [2.05, 4.69) is 61.3 Å². The fraction of sp³-hybridized carbons (Fsp3) is 0.312. The number of hydrogen-bond acceptors (Lipinski definition) is 4. The van der Waals surface area contributed by atoms with Crippen molar-refractivity contribution in [1.29, 1.82) is 0 Å². The summed E-state index contributed by atoms with van der Waals surface area (Å²) in [5, 5.41) is 4.14. The third kappa shape index (κ3) is 2.48. The van der Waals surface area contributed by atoms with E-state index >= 15 is 0 Å². The van der Waals surface area contributed by atoms with Crippen molar-refractivity contribution in [3.8, 4) is 0 Å². The zero-order valence-electron chi connectivity index (χ0n) is 11.9. The molecule has 0 spiro atoms. The topological polar surface area (TPSA) is 29.3 Å². The lowest BCUT2D eigenvalue weighted by molar-refractivity contribution is 0.398.